The standard InChI is InChI=1S/C13H20N4/c1-3-5-6-17-13-12(10-16-17)7-11(9-15-13)8-14-4-2/h7,9-10,14H,3-6,8H2,1-2H3. The van der Waals surface area contributed by atoms with E-state index in [4.69, 9.17) is 0 Å². The van der Waals surface area contributed by atoms with Gasteiger partial charge in [-0.3, -0.25) is 0 Å². The van der Waals surface area contributed by atoms with E-state index in [9.17, 15) is 0 Å². The molecule has 0 aliphatic carbocycles. The molecule has 17 heavy (non-hydrogen) atoms. The van der Waals surface area contributed by atoms with Gasteiger partial charge in [-0.1, -0.05) is 20.3 Å². The lowest BCUT2D eigenvalue weighted by Gasteiger charge is -2.03. The van der Waals surface area contributed by atoms with Crippen LogP contribution in [0.4, 0.5) is 0 Å². The van der Waals surface area contributed by atoms with Crippen LogP contribution in [-0.2, 0) is 13.1 Å². The summed E-state index contributed by atoms with van der Waals surface area (Å²) in [4.78, 5) is 4.51. The number of rotatable bonds is 6. The highest BCUT2D eigenvalue weighted by atomic mass is 15.3. The number of pyridine rings is 1. The molecule has 2 rings (SSSR count). The van der Waals surface area contributed by atoms with Crippen LogP contribution in [0.1, 0.15) is 32.3 Å². The number of hydrogen-bond donors (Lipinski definition) is 1. The highest BCUT2D eigenvalue weighted by Gasteiger charge is 2.04. The average Bonchev–Trinajstić information content (AvgIpc) is 2.76. The summed E-state index contributed by atoms with van der Waals surface area (Å²) in [6.07, 6.45) is 6.18. The summed E-state index contributed by atoms with van der Waals surface area (Å²) in [5.41, 5.74) is 2.22. The minimum Gasteiger partial charge on any atom is -0.313 e. The van der Waals surface area contributed by atoms with Crippen molar-refractivity contribution in [1.29, 1.82) is 0 Å². The maximum Gasteiger partial charge on any atom is 0.157 e. The minimum atomic E-state index is 0.875. The number of nitrogens with one attached hydrogen (secondary N) is 1. The van der Waals surface area contributed by atoms with Crippen LogP contribution in [0.3, 0.4) is 0 Å². The maximum absolute atomic E-state index is 4.51. The molecule has 0 spiro atoms. The molecule has 4 heteroatoms. The smallest absolute Gasteiger partial charge is 0.157 e. The third-order valence-electron chi connectivity index (χ3n) is 2.84. The van der Waals surface area contributed by atoms with Gasteiger partial charge in [0.2, 0.25) is 0 Å². The Morgan fingerprint density at radius 2 is 2.18 bits per heavy atom. The molecule has 0 aliphatic heterocycles. The molecular formula is C13H20N4. The second-order valence-corrected chi connectivity index (χ2v) is 4.26. The van der Waals surface area contributed by atoms with Gasteiger partial charge in [0.15, 0.2) is 5.65 Å². The molecule has 0 saturated heterocycles. The molecule has 2 heterocycles. The molecule has 4 nitrogen and oxygen atoms in total. The van der Waals surface area contributed by atoms with Crippen molar-refractivity contribution in [3.63, 3.8) is 0 Å². The lowest BCUT2D eigenvalue weighted by Crippen LogP contribution is -2.11. The Bertz CT molecular complexity index is 475. The Hall–Kier alpha value is -1.42. The van der Waals surface area contributed by atoms with E-state index in [1.165, 1.54) is 12.0 Å². The van der Waals surface area contributed by atoms with Gasteiger partial charge in [0.25, 0.3) is 0 Å². The monoisotopic (exact) mass is 232 g/mol. The van der Waals surface area contributed by atoms with E-state index in [0.717, 1.165) is 37.1 Å². The first-order chi connectivity index (χ1) is 8.35. The third kappa shape index (κ3) is 2.82. The summed E-state index contributed by atoms with van der Waals surface area (Å²) in [5.74, 6) is 0. The predicted octanol–water partition coefficient (Wildman–Crippen LogP) is 2.34. The van der Waals surface area contributed by atoms with Gasteiger partial charge in [-0.25, -0.2) is 9.67 Å². The van der Waals surface area contributed by atoms with Crippen LogP contribution in [0.15, 0.2) is 18.5 Å². The van der Waals surface area contributed by atoms with Crippen molar-refractivity contribution >= 4 is 11.0 Å². The van der Waals surface area contributed by atoms with Gasteiger partial charge in [-0.15, -0.1) is 0 Å². The molecule has 0 bridgehead atoms. The van der Waals surface area contributed by atoms with Gasteiger partial charge in [-0.2, -0.15) is 5.10 Å². The van der Waals surface area contributed by atoms with Crippen LogP contribution >= 0.6 is 0 Å². The van der Waals surface area contributed by atoms with Crippen molar-refractivity contribution in [2.45, 2.75) is 39.8 Å². The molecule has 0 amide bonds. The Balaban J connectivity index is 2.19. The average molecular weight is 232 g/mol. The SMILES string of the molecule is CCCCn1ncc2cc(CNCC)cnc21. The molecule has 0 radical (unpaired) electrons. The van der Waals surface area contributed by atoms with Crippen molar-refractivity contribution in [2.75, 3.05) is 6.54 Å². The van der Waals surface area contributed by atoms with E-state index >= 15 is 0 Å². The number of hydrogen-bond acceptors (Lipinski definition) is 3. The van der Waals surface area contributed by atoms with Crippen LogP contribution in [0.2, 0.25) is 0 Å². The van der Waals surface area contributed by atoms with Gasteiger partial charge < -0.3 is 5.32 Å². The number of nitrogens with zero attached hydrogens (tertiary/aromatic N) is 3. The van der Waals surface area contributed by atoms with Crippen molar-refractivity contribution < 1.29 is 0 Å². The summed E-state index contributed by atoms with van der Waals surface area (Å²) in [6.45, 7) is 7.11. The normalized spacial score (nSPS) is 11.2. The highest BCUT2D eigenvalue weighted by molar-refractivity contribution is 5.74. The second-order valence-electron chi connectivity index (χ2n) is 4.26. The van der Waals surface area contributed by atoms with E-state index < -0.39 is 0 Å². The number of aryl methyl sites for hydroxylation is 1. The molecule has 0 unspecified atom stereocenters. The number of unbranched alkanes of at least 4 members (excludes halogenated alkanes) is 1. The van der Waals surface area contributed by atoms with Gasteiger partial charge in [0.05, 0.1) is 6.20 Å². The zero-order valence-corrected chi connectivity index (χ0v) is 10.6. The van der Waals surface area contributed by atoms with E-state index in [2.05, 4.69) is 35.3 Å². The van der Waals surface area contributed by atoms with Crippen LogP contribution < -0.4 is 5.32 Å². The van der Waals surface area contributed by atoms with Gasteiger partial charge in [0, 0.05) is 24.7 Å². The third-order valence-corrected chi connectivity index (χ3v) is 2.84. The summed E-state index contributed by atoms with van der Waals surface area (Å²) in [7, 11) is 0. The van der Waals surface area contributed by atoms with Crippen molar-refractivity contribution in [1.82, 2.24) is 20.1 Å². The number of fused-ring (bicyclic) bond motifs is 1. The quantitative estimate of drug-likeness (QED) is 0.831. The van der Waals surface area contributed by atoms with Crippen LogP contribution in [-0.4, -0.2) is 21.3 Å². The van der Waals surface area contributed by atoms with Crippen LogP contribution in [0.25, 0.3) is 11.0 Å². The zero-order valence-electron chi connectivity index (χ0n) is 10.6. The maximum atomic E-state index is 4.51. The largest absolute Gasteiger partial charge is 0.313 e. The van der Waals surface area contributed by atoms with Crippen LogP contribution in [0, 0.1) is 0 Å². The summed E-state index contributed by atoms with van der Waals surface area (Å²) >= 11 is 0. The molecule has 0 fully saturated rings. The van der Waals surface area contributed by atoms with E-state index in [1.807, 2.05) is 17.1 Å². The highest BCUT2D eigenvalue weighted by Crippen LogP contribution is 2.13. The molecule has 92 valence electrons. The fourth-order valence-electron chi connectivity index (χ4n) is 1.85. The molecular weight excluding hydrogens is 212 g/mol. The van der Waals surface area contributed by atoms with Crippen LogP contribution in [0.5, 0.6) is 0 Å². The molecule has 0 atom stereocenters. The molecule has 2 aromatic heterocycles. The molecule has 2 aromatic rings. The molecule has 0 aromatic carbocycles. The van der Waals surface area contributed by atoms with Crippen molar-refractivity contribution in [3.8, 4) is 0 Å². The Morgan fingerprint density at radius 3 is 2.94 bits per heavy atom. The summed E-state index contributed by atoms with van der Waals surface area (Å²) < 4.78 is 2.00. The minimum absolute atomic E-state index is 0.875. The molecule has 0 saturated carbocycles. The Labute approximate surface area is 102 Å². The Kier molecular flexibility index (Phi) is 4.09. The van der Waals surface area contributed by atoms with E-state index in [-0.39, 0.29) is 0 Å². The van der Waals surface area contributed by atoms with Gasteiger partial charge in [-0.05, 0) is 24.6 Å². The van der Waals surface area contributed by atoms with Gasteiger partial charge in [0.1, 0.15) is 0 Å². The first-order valence-electron chi connectivity index (χ1n) is 6.36. The summed E-state index contributed by atoms with van der Waals surface area (Å²) in [6, 6.07) is 2.17. The molecule has 0 aliphatic rings. The van der Waals surface area contributed by atoms with E-state index in [1.54, 1.807) is 0 Å². The first-order valence-corrected chi connectivity index (χ1v) is 6.36. The zero-order chi connectivity index (χ0) is 12.1. The fraction of sp³-hybridized carbons (Fsp3) is 0.538. The lowest BCUT2D eigenvalue weighted by atomic mass is 10.2. The fourth-order valence-corrected chi connectivity index (χ4v) is 1.85. The molecule has 1 N–H and O–H groups in total. The van der Waals surface area contributed by atoms with Crippen molar-refractivity contribution in [3.05, 3.63) is 24.0 Å². The second kappa shape index (κ2) is 5.77. The summed E-state index contributed by atoms with van der Waals surface area (Å²) in [5, 5.41) is 8.83. The van der Waals surface area contributed by atoms with Crippen molar-refractivity contribution in [2.24, 2.45) is 0 Å². The van der Waals surface area contributed by atoms with Gasteiger partial charge >= 0.3 is 0 Å². The van der Waals surface area contributed by atoms with E-state index in [0.29, 0.717) is 0 Å². The first kappa shape index (κ1) is 12.0. The lowest BCUT2D eigenvalue weighted by molar-refractivity contribution is 0.584. The topological polar surface area (TPSA) is 42.7 Å². The Morgan fingerprint density at radius 1 is 1.29 bits per heavy atom. The number of aromatic nitrogens is 3. The predicted molar refractivity (Wildman–Crippen MR) is 69.8 cm³/mol.